The molecule has 0 aromatic carbocycles. The average Bonchev–Trinajstić information content (AvgIpc) is 2.90. The first-order valence-corrected chi connectivity index (χ1v) is 7.82. The van der Waals surface area contributed by atoms with Gasteiger partial charge < -0.3 is 14.7 Å². The second kappa shape index (κ2) is 7.37. The van der Waals surface area contributed by atoms with Crippen molar-refractivity contribution in [3.05, 3.63) is 12.2 Å². The first-order valence-electron chi connectivity index (χ1n) is 7.01. The van der Waals surface area contributed by atoms with Crippen molar-refractivity contribution in [3.63, 3.8) is 0 Å². The Hall–Kier alpha value is -1.67. The Morgan fingerprint density at radius 3 is 3.05 bits per heavy atom. The minimum atomic E-state index is -0.863. The Kier molecular flexibility index (Phi) is 5.51. The predicted octanol–water partition coefficient (Wildman–Crippen LogP) is 1.85. The Morgan fingerprint density at radius 1 is 1.52 bits per heavy atom. The lowest BCUT2D eigenvalue weighted by Crippen LogP contribution is -2.54. The van der Waals surface area contributed by atoms with Gasteiger partial charge in [0, 0.05) is 19.5 Å². The van der Waals surface area contributed by atoms with Gasteiger partial charge in [-0.25, -0.2) is 9.69 Å². The van der Waals surface area contributed by atoms with E-state index in [1.54, 1.807) is 4.90 Å². The molecule has 0 bridgehead atoms. The van der Waals surface area contributed by atoms with Crippen LogP contribution in [-0.4, -0.2) is 52.2 Å². The molecule has 1 atom stereocenters. The fraction of sp³-hybridized carbons (Fsp3) is 0.615. The van der Waals surface area contributed by atoms with Crippen LogP contribution in [0.4, 0.5) is 9.93 Å². The second-order valence-corrected chi connectivity index (χ2v) is 5.47. The smallest absolute Gasteiger partial charge is 0.328 e. The molecule has 1 N–H and O–H groups in total. The lowest BCUT2D eigenvalue weighted by Gasteiger charge is -2.37. The standard InChI is InChI=1S/C13H20N4O3S/c1-3-5-6-8-16-9-7-10(18)17(13(16)19)11-14-15-12(21-11)20-4-2/h3,5,10,18H,4,6-9H2,1-2H3. The molecule has 21 heavy (non-hydrogen) atoms. The summed E-state index contributed by atoms with van der Waals surface area (Å²) in [6.07, 6.45) is 4.40. The molecule has 1 fully saturated rings. The van der Waals surface area contributed by atoms with Crippen molar-refractivity contribution < 1.29 is 14.6 Å². The number of nitrogens with zero attached hydrogens (tertiary/aromatic N) is 4. The molecule has 1 aliphatic heterocycles. The molecule has 7 nitrogen and oxygen atoms in total. The highest BCUT2D eigenvalue weighted by Gasteiger charge is 2.35. The van der Waals surface area contributed by atoms with Crippen LogP contribution in [0.25, 0.3) is 0 Å². The molecular weight excluding hydrogens is 292 g/mol. The molecule has 1 aromatic rings. The van der Waals surface area contributed by atoms with E-state index < -0.39 is 6.23 Å². The molecule has 1 unspecified atom stereocenters. The molecule has 0 radical (unpaired) electrons. The zero-order chi connectivity index (χ0) is 15.2. The number of urea groups is 1. The largest absolute Gasteiger partial charge is 0.469 e. The molecule has 1 saturated heterocycles. The number of hydrogen-bond acceptors (Lipinski definition) is 6. The number of aromatic nitrogens is 2. The van der Waals surface area contributed by atoms with Gasteiger partial charge in [-0.1, -0.05) is 17.3 Å². The van der Waals surface area contributed by atoms with E-state index in [0.29, 0.717) is 36.4 Å². The van der Waals surface area contributed by atoms with Gasteiger partial charge in [-0.2, -0.15) is 0 Å². The Bertz CT molecular complexity index is 505. The number of hydrogen-bond donors (Lipinski definition) is 1. The van der Waals surface area contributed by atoms with Crippen LogP contribution in [0.3, 0.4) is 0 Å². The highest BCUT2D eigenvalue weighted by Crippen LogP contribution is 2.30. The van der Waals surface area contributed by atoms with E-state index in [-0.39, 0.29) is 6.03 Å². The highest BCUT2D eigenvalue weighted by atomic mass is 32.1. The van der Waals surface area contributed by atoms with Crippen LogP contribution in [0.5, 0.6) is 5.19 Å². The number of aliphatic hydroxyl groups excluding tert-OH is 1. The fourth-order valence-corrected chi connectivity index (χ4v) is 2.87. The van der Waals surface area contributed by atoms with Crippen LogP contribution in [0.1, 0.15) is 26.7 Å². The van der Waals surface area contributed by atoms with Gasteiger partial charge in [0.25, 0.3) is 5.19 Å². The summed E-state index contributed by atoms with van der Waals surface area (Å²) in [5, 5.41) is 18.7. The molecule has 0 saturated carbocycles. The summed E-state index contributed by atoms with van der Waals surface area (Å²) in [5.74, 6) is 0. The van der Waals surface area contributed by atoms with Crippen molar-refractivity contribution >= 4 is 22.5 Å². The SMILES string of the molecule is CC=CCCN1CCC(O)N(c2nnc(OCC)s2)C1=O. The molecule has 0 aliphatic carbocycles. The lowest BCUT2D eigenvalue weighted by molar-refractivity contribution is 0.109. The van der Waals surface area contributed by atoms with E-state index in [9.17, 15) is 9.90 Å². The van der Waals surface area contributed by atoms with Gasteiger partial charge >= 0.3 is 6.03 Å². The molecule has 0 spiro atoms. The monoisotopic (exact) mass is 312 g/mol. The molecule has 1 aromatic heterocycles. The maximum Gasteiger partial charge on any atom is 0.328 e. The molecule has 116 valence electrons. The van der Waals surface area contributed by atoms with Crippen LogP contribution in [-0.2, 0) is 0 Å². The third-order valence-electron chi connectivity index (χ3n) is 3.10. The molecule has 8 heteroatoms. The zero-order valence-electron chi connectivity index (χ0n) is 12.2. The van der Waals surface area contributed by atoms with Crippen LogP contribution >= 0.6 is 11.3 Å². The van der Waals surface area contributed by atoms with Gasteiger partial charge in [-0.3, -0.25) is 0 Å². The second-order valence-electron chi connectivity index (χ2n) is 4.55. The van der Waals surface area contributed by atoms with Gasteiger partial charge in [0.2, 0.25) is 5.13 Å². The zero-order valence-corrected chi connectivity index (χ0v) is 13.0. The number of rotatable bonds is 6. The number of carbonyl (C=O) groups excluding carboxylic acids is 1. The quantitative estimate of drug-likeness (QED) is 0.811. The number of carbonyl (C=O) groups is 1. The van der Waals surface area contributed by atoms with E-state index in [1.807, 2.05) is 26.0 Å². The van der Waals surface area contributed by atoms with Gasteiger partial charge in [0.1, 0.15) is 6.23 Å². The highest BCUT2D eigenvalue weighted by molar-refractivity contribution is 7.17. The predicted molar refractivity (Wildman–Crippen MR) is 80.6 cm³/mol. The third kappa shape index (κ3) is 3.70. The third-order valence-corrected chi connectivity index (χ3v) is 3.94. The Balaban J connectivity index is 2.09. The van der Waals surface area contributed by atoms with Gasteiger partial charge in [0.05, 0.1) is 6.61 Å². The van der Waals surface area contributed by atoms with Crippen molar-refractivity contribution in [2.45, 2.75) is 32.9 Å². The number of anilines is 1. The van der Waals surface area contributed by atoms with Crippen LogP contribution < -0.4 is 9.64 Å². The van der Waals surface area contributed by atoms with Gasteiger partial charge in [-0.15, -0.1) is 5.10 Å². The fourth-order valence-electron chi connectivity index (χ4n) is 2.07. The summed E-state index contributed by atoms with van der Waals surface area (Å²) in [4.78, 5) is 15.5. The first kappa shape index (κ1) is 15.7. The topological polar surface area (TPSA) is 78.8 Å². The van der Waals surface area contributed by atoms with Crippen LogP contribution in [0.15, 0.2) is 12.2 Å². The van der Waals surface area contributed by atoms with Crippen LogP contribution in [0.2, 0.25) is 0 Å². The van der Waals surface area contributed by atoms with E-state index in [1.165, 1.54) is 4.90 Å². The van der Waals surface area contributed by atoms with Gasteiger partial charge in [-0.05, 0) is 31.6 Å². The summed E-state index contributed by atoms with van der Waals surface area (Å²) in [7, 11) is 0. The number of aliphatic hydroxyl groups is 1. The van der Waals surface area contributed by atoms with Crippen molar-refractivity contribution in [1.82, 2.24) is 15.1 Å². The molecule has 2 amide bonds. The summed E-state index contributed by atoms with van der Waals surface area (Å²) < 4.78 is 5.26. The van der Waals surface area contributed by atoms with Crippen LogP contribution in [0, 0.1) is 0 Å². The van der Waals surface area contributed by atoms with Crippen molar-refractivity contribution in [2.24, 2.45) is 0 Å². The molecule has 2 heterocycles. The Labute approximate surface area is 127 Å². The molecule has 2 rings (SSSR count). The molecule has 1 aliphatic rings. The van der Waals surface area contributed by atoms with E-state index in [4.69, 9.17) is 4.74 Å². The van der Waals surface area contributed by atoms with Crippen molar-refractivity contribution in [3.8, 4) is 5.19 Å². The van der Waals surface area contributed by atoms with Gasteiger partial charge in [0.15, 0.2) is 0 Å². The normalized spacial score (nSPS) is 19.6. The number of allylic oxidation sites excluding steroid dienone is 1. The minimum absolute atomic E-state index is 0.238. The number of amides is 2. The summed E-state index contributed by atoms with van der Waals surface area (Å²) in [6.45, 7) is 5.46. The minimum Gasteiger partial charge on any atom is -0.469 e. The van der Waals surface area contributed by atoms with Crippen molar-refractivity contribution in [2.75, 3.05) is 24.6 Å². The Morgan fingerprint density at radius 2 is 2.33 bits per heavy atom. The van der Waals surface area contributed by atoms with Crippen molar-refractivity contribution in [1.29, 1.82) is 0 Å². The maximum absolute atomic E-state index is 12.5. The van der Waals surface area contributed by atoms with E-state index >= 15 is 0 Å². The van der Waals surface area contributed by atoms with E-state index in [2.05, 4.69) is 10.2 Å². The number of ether oxygens (including phenoxy) is 1. The van der Waals surface area contributed by atoms with E-state index in [0.717, 1.165) is 17.8 Å². The first-order chi connectivity index (χ1) is 10.2. The summed E-state index contributed by atoms with van der Waals surface area (Å²) in [5.41, 5.74) is 0. The average molecular weight is 312 g/mol. The summed E-state index contributed by atoms with van der Waals surface area (Å²) >= 11 is 1.16. The molecular formula is C13H20N4O3S. The maximum atomic E-state index is 12.5. The lowest BCUT2D eigenvalue weighted by atomic mass is 10.2. The summed E-state index contributed by atoms with van der Waals surface area (Å²) in [6, 6.07) is -0.238.